The van der Waals surface area contributed by atoms with Gasteiger partial charge in [-0.1, -0.05) is 13.8 Å². The van der Waals surface area contributed by atoms with Gasteiger partial charge in [0.25, 0.3) is 0 Å². The van der Waals surface area contributed by atoms with Crippen LogP contribution >= 0.6 is 0 Å². The number of nitrogens with one attached hydrogen (secondary N) is 1. The van der Waals surface area contributed by atoms with Crippen molar-refractivity contribution in [2.75, 3.05) is 0 Å². The van der Waals surface area contributed by atoms with Crippen molar-refractivity contribution in [3.05, 3.63) is 0 Å². The molecular weight excluding hydrogens is 174 g/mol. The van der Waals surface area contributed by atoms with Crippen molar-refractivity contribution in [1.82, 2.24) is 5.32 Å². The lowest BCUT2D eigenvalue weighted by molar-refractivity contribution is -0.00317. The van der Waals surface area contributed by atoms with E-state index in [0.29, 0.717) is 18.0 Å². The molecule has 0 radical (unpaired) electrons. The van der Waals surface area contributed by atoms with Crippen LogP contribution in [0.25, 0.3) is 0 Å². The summed E-state index contributed by atoms with van der Waals surface area (Å²) in [5.41, 5.74) is -0.483. The Labute approximate surface area is 88.1 Å². The van der Waals surface area contributed by atoms with Crippen LogP contribution in [-0.4, -0.2) is 22.8 Å². The largest absolute Gasteiger partial charge is 0.390 e. The Morgan fingerprint density at radius 1 is 1.14 bits per heavy atom. The van der Waals surface area contributed by atoms with Crippen LogP contribution in [0.4, 0.5) is 0 Å². The van der Waals surface area contributed by atoms with E-state index in [4.69, 9.17) is 0 Å². The number of hydrogen-bond acceptors (Lipinski definition) is 2. The first-order valence-corrected chi connectivity index (χ1v) is 5.88. The van der Waals surface area contributed by atoms with Crippen molar-refractivity contribution in [3.63, 3.8) is 0 Å². The predicted octanol–water partition coefficient (Wildman–Crippen LogP) is 2.31. The third kappa shape index (κ3) is 3.58. The van der Waals surface area contributed by atoms with E-state index in [1.807, 2.05) is 13.8 Å². The number of aliphatic hydroxyl groups is 1. The summed E-state index contributed by atoms with van der Waals surface area (Å²) in [6.07, 6.45) is 4.75. The first-order chi connectivity index (χ1) is 6.39. The van der Waals surface area contributed by atoms with Crippen LogP contribution in [0, 0.1) is 5.92 Å². The van der Waals surface area contributed by atoms with Crippen molar-refractivity contribution in [1.29, 1.82) is 0 Å². The molecule has 84 valence electrons. The van der Waals surface area contributed by atoms with Gasteiger partial charge < -0.3 is 10.4 Å². The third-order valence-electron chi connectivity index (χ3n) is 3.30. The van der Waals surface area contributed by atoms with E-state index in [0.717, 1.165) is 12.8 Å². The Hall–Kier alpha value is -0.0800. The van der Waals surface area contributed by atoms with Crippen LogP contribution in [0.3, 0.4) is 0 Å². The molecule has 0 amide bonds. The summed E-state index contributed by atoms with van der Waals surface area (Å²) < 4.78 is 0. The highest BCUT2D eigenvalue weighted by Crippen LogP contribution is 2.32. The molecule has 0 saturated heterocycles. The molecule has 0 aliphatic heterocycles. The third-order valence-corrected chi connectivity index (χ3v) is 3.30. The molecule has 1 saturated carbocycles. The van der Waals surface area contributed by atoms with E-state index in [1.165, 1.54) is 12.8 Å². The van der Waals surface area contributed by atoms with Crippen LogP contribution in [0.15, 0.2) is 0 Å². The van der Waals surface area contributed by atoms with Crippen molar-refractivity contribution in [2.24, 2.45) is 5.92 Å². The maximum atomic E-state index is 9.89. The van der Waals surface area contributed by atoms with Crippen molar-refractivity contribution in [2.45, 2.75) is 71.1 Å². The van der Waals surface area contributed by atoms with Crippen molar-refractivity contribution in [3.8, 4) is 0 Å². The average Bonchev–Trinajstić information content (AvgIpc) is 2.02. The van der Waals surface area contributed by atoms with Gasteiger partial charge in [-0.2, -0.15) is 0 Å². The molecule has 1 fully saturated rings. The van der Waals surface area contributed by atoms with Crippen molar-refractivity contribution < 1.29 is 5.11 Å². The second-order valence-corrected chi connectivity index (χ2v) is 5.52. The fourth-order valence-corrected chi connectivity index (χ4v) is 2.44. The number of rotatable bonds is 3. The fraction of sp³-hybridized carbons (Fsp3) is 1.00. The summed E-state index contributed by atoms with van der Waals surface area (Å²) in [6.45, 7) is 8.27. The molecule has 0 atom stereocenters. The van der Waals surface area contributed by atoms with E-state index in [9.17, 15) is 5.11 Å². The van der Waals surface area contributed by atoms with Gasteiger partial charge in [-0.15, -0.1) is 0 Å². The van der Waals surface area contributed by atoms with E-state index < -0.39 is 5.60 Å². The van der Waals surface area contributed by atoms with Crippen molar-refractivity contribution >= 4 is 0 Å². The Kier molecular flexibility index (Phi) is 3.96. The monoisotopic (exact) mass is 199 g/mol. The zero-order chi connectivity index (χ0) is 10.8. The zero-order valence-corrected chi connectivity index (χ0v) is 10.0. The molecule has 0 aromatic carbocycles. The Bertz CT molecular complexity index is 164. The first kappa shape index (κ1) is 12.0. The van der Waals surface area contributed by atoms with Gasteiger partial charge in [-0.3, -0.25) is 0 Å². The highest BCUT2D eigenvalue weighted by molar-refractivity contribution is 4.85. The lowest BCUT2D eigenvalue weighted by Gasteiger charge is -2.36. The Balaban J connectivity index is 2.31. The van der Waals surface area contributed by atoms with Crippen LogP contribution < -0.4 is 5.32 Å². The molecule has 0 aromatic rings. The first-order valence-electron chi connectivity index (χ1n) is 5.88. The highest BCUT2D eigenvalue weighted by atomic mass is 16.3. The SMILES string of the molecule is CC(C)N[C@H]1CC[C@H](C(C)(C)O)CC1. The van der Waals surface area contributed by atoms with Crippen LogP contribution in [-0.2, 0) is 0 Å². The summed E-state index contributed by atoms with van der Waals surface area (Å²) >= 11 is 0. The molecule has 0 heterocycles. The molecular formula is C12H25NO. The smallest absolute Gasteiger partial charge is 0.0619 e. The summed E-state index contributed by atoms with van der Waals surface area (Å²) in [5.74, 6) is 0.493. The molecule has 0 spiro atoms. The maximum absolute atomic E-state index is 9.89. The van der Waals surface area contributed by atoms with Gasteiger partial charge in [0.15, 0.2) is 0 Å². The molecule has 0 bridgehead atoms. The molecule has 2 N–H and O–H groups in total. The van der Waals surface area contributed by atoms with Gasteiger partial charge in [0.2, 0.25) is 0 Å². The Morgan fingerprint density at radius 2 is 1.64 bits per heavy atom. The Morgan fingerprint density at radius 3 is 2.00 bits per heavy atom. The molecule has 1 aliphatic carbocycles. The van der Waals surface area contributed by atoms with Crippen LogP contribution in [0.2, 0.25) is 0 Å². The maximum Gasteiger partial charge on any atom is 0.0619 e. The number of hydrogen-bond donors (Lipinski definition) is 2. The summed E-state index contributed by atoms with van der Waals surface area (Å²) in [6, 6.07) is 1.26. The van der Waals surface area contributed by atoms with Gasteiger partial charge in [0, 0.05) is 12.1 Å². The minimum absolute atomic E-state index is 0.483. The summed E-state index contributed by atoms with van der Waals surface area (Å²) in [7, 11) is 0. The second-order valence-electron chi connectivity index (χ2n) is 5.52. The van der Waals surface area contributed by atoms with Gasteiger partial charge >= 0.3 is 0 Å². The van der Waals surface area contributed by atoms with Gasteiger partial charge in [-0.05, 0) is 45.4 Å². The standard InChI is InChI=1S/C12H25NO/c1-9(2)13-11-7-5-10(6-8-11)12(3,4)14/h9-11,13-14H,5-8H2,1-4H3/t10-,11-. The van der Waals surface area contributed by atoms with Gasteiger partial charge in [0.1, 0.15) is 0 Å². The minimum atomic E-state index is -0.483. The molecule has 1 rings (SSSR count). The van der Waals surface area contributed by atoms with E-state index in [2.05, 4.69) is 19.2 Å². The average molecular weight is 199 g/mol. The van der Waals surface area contributed by atoms with Gasteiger partial charge in [0.05, 0.1) is 5.60 Å². The van der Waals surface area contributed by atoms with Gasteiger partial charge in [-0.25, -0.2) is 0 Å². The quantitative estimate of drug-likeness (QED) is 0.731. The predicted molar refractivity (Wildman–Crippen MR) is 60.3 cm³/mol. The molecule has 0 aromatic heterocycles. The molecule has 1 aliphatic rings. The van der Waals surface area contributed by atoms with E-state index >= 15 is 0 Å². The second kappa shape index (κ2) is 4.63. The van der Waals surface area contributed by atoms with E-state index in [1.54, 1.807) is 0 Å². The topological polar surface area (TPSA) is 32.3 Å². The summed E-state index contributed by atoms with van der Waals surface area (Å²) in [5, 5.41) is 13.5. The molecule has 14 heavy (non-hydrogen) atoms. The fourth-order valence-electron chi connectivity index (χ4n) is 2.44. The molecule has 2 nitrogen and oxygen atoms in total. The highest BCUT2D eigenvalue weighted by Gasteiger charge is 2.31. The minimum Gasteiger partial charge on any atom is -0.390 e. The lowest BCUT2D eigenvalue weighted by atomic mass is 9.77. The molecule has 2 heteroatoms. The zero-order valence-electron chi connectivity index (χ0n) is 10.0. The van der Waals surface area contributed by atoms with E-state index in [-0.39, 0.29) is 0 Å². The normalized spacial score (nSPS) is 29.6. The molecule has 0 unspecified atom stereocenters. The van der Waals surface area contributed by atoms with Crippen LogP contribution in [0.5, 0.6) is 0 Å². The van der Waals surface area contributed by atoms with Crippen LogP contribution in [0.1, 0.15) is 53.4 Å². The lowest BCUT2D eigenvalue weighted by Crippen LogP contribution is -2.41. The summed E-state index contributed by atoms with van der Waals surface area (Å²) in [4.78, 5) is 0.